The van der Waals surface area contributed by atoms with Crippen LogP contribution in [0.2, 0.25) is 0 Å². The van der Waals surface area contributed by atoms with E-state index in [9.17, 15) is 29.7 Å². The van der Waals surface area contributed by atoms with Crippen molar-refractivity contribution in [3.8, 4) is 6.07 Å². The average molecular weight is 555 g/mol. The van der Waals surface area contributed by atoms with Gasteiger partial charge in [0.05, 0.1) is 19.7 Å². The highest BCUT2D eigenvalue weighted by Crippen LogP contribution is 2.23. The first-order valence-electron chi connectivity index (χ1n) is 13.4. The standard InChI is InChI=1S/C27H38BN5O7/c1-27(2,33-13-11-31(12-14-33)26(36)39-3)16-22(17-29)24(34)32-10-9-21(18-32)19-40-25(35)30-23(28(37)38)15-20-7-5-4-6-8-20/h4-8,16,21,23,37-38H,9-15,18-19H2,1-3H3,(H,30,35)/t21?,23-/m0/s1. The highest BCUT2D eigenvalue weighted by atomic mass is 16.6. The molecule has 2 aliphatic rings. The zero-order valence-corrected chi connectivity index (χ0v) is 23.3. The number of hydrogen-bond acceptors (Lipinski definition) is 9. The number of methoxy groups -OCH3 is 1. The summed E-state index contributed by atoms with van der Waals surface area (Å²) in [5.41, 5.74) is 0.288. The Morgan fingerprint density at radius 1 is 1.15 bits per heavy atom. The van der Waals surface area contributed by atoms with Crippen LogP contribution in [0.4, 0.5) is 9.59 Å². The van der Waals surface area contributed by atoms with Crippen molar-refractivity contribution in [1.82, 2.24) is 20.0 Å². The number of nitrogens with zero attached hydrogens (tertiary/aromatic N) is 4. The van der Waals surface area contributed by atoms with E-state index in [1.807, 2.05) is 50.2 Å². The Kier molecular flexibility index (Phi) is 11.0. The zero-order chi connectivity index (χ0) is 29.3. The topological polar surface area (TPSA) is 156 Å². The number of nitriles is 1. The normalized spacial score (nSPS) is 19.0. The third-order valence-corrected chi connectivity index (χ3v) is 7.36. The molecule has 3 amide bonds. The fourth-order valence-electron chi connectivity index (χ4n) is 4.99. The minimum absolute atomic E-state index is 0.0420. The summed E-state index contributed by atoms with van der Waals surface area (Å²) >= 11 is 0. The van der Waals surface area contributed by atoms with Crippen LogP contribution in [-0.2, 0) is 20.7 Å². The first kappa shape index (κ1) is 30.9. The number of amides is 3. The van der Waals surface area contributed by atoms with Crippen LogP contribution in [0.3, 0.4) is 0 Å². The van der Waals surface area contributed by atoms with Gasteiger partial charge in [-0.2, -0.15) is 5.26 Å². The first-order valence-corrected chi connectivity index (χ1v) is 13.4. The molecule has 2 heterocycles. The molecule has 1 aromatic carbocycles. The van der Waals surface area contributed by atoms with Crippen molar-refractivity contribution in [2.45, 2.75) is 38.2 Å². The molecule has 2 aliphatic heterocycles. The molecule has 3 N–H and O–H groups in total. The molecular formula is C27H38BN5O7. The summed E-state index contributed by atoms with van der Waals surface area (Å²) in [6, 6.07) is 11.2. The summed E-state index contributed by atoms with van der Waals surface area (Å²) in [4.78, 5) is 42.6. The Morgan fingerprint density at radius 3 is 2.42 bits per heavy atom. The third-order valence-electron chi connectivity index (χ3n) is 7.36. The molecule has 216 valence electrons. The van der Waals surface area contributed by atoms with Crippen molar-refractivity contribution in [1.29, 1.82) is 5.26 Å². The number of alkyl carbamates (subject to hydrolysis) is 1. The van der Waals surface area contributed by atoms with Crippen molar-refractivity contribution >= 4 is 25.2 Å². The number of rotatable bonds is 9. The fraction of sp³-hybridized carbons (Fsp3) is 0.556. The van der Waals surface area contributed by atoms with Crippen molar-refractivity contribution < 1.29 is 33.9 Å². The molecule has 0 saturated carbocycles. The number of piperazine rings is 1. The fourth-order valence-corrected chi connectivity index (χ4v) is 4.99. The van der Waals surface area contributed by atoms with E-state index in [0.717, 1.165) is 5.56 Å². The summed E-state index contributed by atoms with van der Waals surface area (Å²) in [6.45, 7) is 6.81. The molecule has 0 aliphatic carbocycles. The molecule has 0 aromatic heterocycles. The second-order valence-corrected chi connectivity index (χ2v) is 10.6. The van der Waals surface area contributed by atoms with Crippen LogP contribution in [0.1, 0.15) is 25.8 Å². The molecule has 12 nitrogen and oxygen atoms in total. The molecule has 0 radical (unpaired) electrons. The van der Waals surface area contributed by atoms with Gasteiger partial charge in [0.25, 0.3) is 5.91 Å². The van der Waals surface area contributed by atoms with E-state index in [1.165, 1.54) is 7.11 Å². The predicted molar refractivity (Wildman–Crippen MR) is 147 cm³/mol. The molecule has 40 heavy (non-hydrogen) atoms. The van der Waals surface area contributed by atoms with Crippen molar-refractivity contribution in [3.05, 3.63) is 47.5 Å². The van der Waals surface area contributed by atoms with Crippen LogP contribution < -0.4 is 5.32 Å². The van der Waals surface area contributed by atoms with E-state index < -0.39 is 24.7 Å². The Bertz CT molecular complexity index is 1100. The van der Waals surface area contributed by atoms with Gasteiger partial charge >= 0.3 is 19.3 Å². The smallest absolute Gasteiger partial charge is 0.453 e. The SMILES string of the molecule is COC(=O)N1CCN(C(C)(C)C=C(C#N)C(=O)N2CCC(COC(=O)N[C@@H](Cc3ccccc3)B(O)O)C2)CC1. The van der Waals surface area contributed by atoms with E-state index in [1.54, 1.807) is 15.9 Å². The number of nitrogens with one attached hydrogen (secondary N) is 1. The lowest BCUT2D eigenvalue weighted by atomic mass is 9.76. The second kappa shape index (κ2) is 14.2. The van der Waals surface area contributed by atoms with Crippen molar-refractivity contribution in [3.63, 3.8) is 0 Å². The van der Waals surface area contributed by atoms with Crippen LogP contribution in [0.25, 0.3) is 0 Å². The number of hydrogen-bond donors (Lipinski definition) is 3. The van der Waals surface area contributed by atoms with E-state index in [0.29, 0.717) is 45.7 Å². The molecule has 1 aromatic rings. The predicted octanol–water partition coefficient (Wildman–Crippen LogP) is 0.797. The molecule has 3 rings (SSSR count). The van der Waals surface area contributed by atoms with Gasteiger partial charge in [-0.05, 0) is 38.3 Å². The quantitative estimate of drug-likeness (QED) is 0.228. The highest BCUT2D eigenvalue weighted by molar-refractivity contribution is 6.43. The third kappa shape index (κ3) is 8.45. The summed E-state index contributed by atoms with van der Waals surface area (Å²) in [5, 5.41) is 31.6. The average Bonchev–Trinajstić information content (AvgIpc) is 3.43. The molecule has 1 unspecified atom stereocenters. The summed E-state index contributed by atoms with van der Waals surface area (Å²) in [7, 11) is -0.411. The van der Waals surface area contributed by atoms with E-state index >= 15 is 0 Å². The highest BCUT2D eigenvalue weighted by Gasteiger charge is 2.34. The molecule has 13 heteroatoms. The summed E-state index contributed by atoms with van der Waals surface area (Å²) in [5.74, 6) is -1.42. The minimum Gasteiger partial charge on any atom is -0.453 e. The number of benzene rings is 1. The Balaban J connectivity index is 1.50. The van der Waals surface area contributed by atoms with Gasteiger partial charge in [-0.25, -0.2) is 9.59 Å². The van der Waals surface area contributed by atoms with E-state index in [-0.39, 0.29) is 36.5 Å². The lowest BCUT2D eigenvalue weighted by Gasteiger charge is -2.42. The van der Waals surface area contributed by atoms with Crippen molar-refractivity contribution in [2.75, 3.05) is 53.0 Å². The van der Waals surface area contributed by atoms with Gasteiger partial charge in [-0.15, -0.1) is 0 Å². The number of likely N-dealkylation sites (tertiary alicyclic amines) is 1. The van der Waals surface area contributed by atoms with Crippen molar-refractivity contribution in [2.24, 2.45) is 5.92 Å². The Morgan fingerprint density at radius 2 is 1.82 bits per heavy atom. The maximum atomic E-state index is 13.2. The second-order valence-electron chi connectivity index (χ2n) is 10.6. The Labute approximate surface area is 235 Å². The van der Waals surface area contributed by atoms with E-state index in [2.05, 4.69) is 10.2 Å². The molecule has 0 spiro atoms. The first-order chi connectivity index (χ1) is 19.0. The van der Waals surface area contributed by atoms with Gasteiger partial charge in [0.15, 0.2) is 0 Å². The van der Waals surface area contributed by atoms with Gasteiger partial charge in [0, 0.05) is 50.7 Å². The van der Waals surface area contributed by atoms with Gasteiger partial charge < -0.3 is 34.6 Å². The van der Waals surface area contributed by atoms with Crippen LogP contribution in [0.15, 0.2) is 42.0 Å². The van der Waals surface area contributed by atoms with E-state index in [4.69, 9.17) is 9.47 Å². The zero-order valence-electron chi connectivity index (χ0n) is 23.3. The minimum atomic E-state index is -1.76. The summed E-state index contributed by atoms with van der Waals surface area (Å²) in [6.07, 6.45) is 1.36. The molecule has 0 bridgehead atoms. The number of carbonyl (C=O) groups is 3. The van der Waals surface area contributed by atoms with Crippen LogP contribution in [-0.4, -0.2) is 114 Å². The van der Waals surface area contributed by atoms with Gasteiger partial charge in [-0.3, -0.25) is 9.69 Å². The van der Waals surface area contributed by atoms with Gasteiger partial charge in [-0.1, -0.05) is 30.3 Å². The lowest BCUT2D eigenvalue weighted by Crippen LogP contribution is -2.55. The van der Waals surface area contributed by atoms with Crippen LogP contribution in [0, 0.1) is 17.2 Å². The Hall–Kier alpha value is -3.60. The number of ether oxygens (including phenoxy) is 2. The van der Waals surface area contributed by atoms with Crippen LogP contribution >= 0.6 is 0 Å². The monoisotopic (exact) mass is 555 g/mol. The number of carbonyl (C=O) groups excluding carboxylic acids is 3. The van der Waals surface area contributed by atoms with Gasteiger partial charge in [0.2, 0.25) is 0 Å². The molecular weight excluding hydrogens is 517 g/mol. The largest absolute Gasteiger partial charge is 0.475 e. The molecule has 2 fully saturated rings. The van der Waals surface area contributed by atoms with Gasteiger partial charge in [0.1, 0.15) is 11.6 Å². The lowest BCUT2D eigenvalue weighted by molar-refractivity contribution is -0.125. The maximum absolute atomic E-state index is 13.2. The summed E-state index contributed by atoms with van der Waals surface area (Å²) < 4.78 is 10.1. The maximum Gasteiger partial charge on any atom is 0.475 e. The molecule has 2 atom stereocenters. The van der Waals surface area contributed by atoms with Crippen LogP contribution in [0.5, 0.6) is 0 Å². The molecule has 2 saturated heterocycles.